The van der Waals surface area contributed by atoms with E-state index < -0.39 is 12.1 Å². The third-order valence-electron chi connectivity index (χ3n) is 7.42. The van der Waals surface area contributed by atoms with Crippen LogP contribution in [0.2, 0.25) is 0 Å². The van der Waals surface area contributed by atoms with Crippen molar-refractivity contribution in [2.75, 3.05) is 32.8 Å². The Kier molecular flexibility index (Phi) is 6.72. The number of fused-ring (bicyclic) bond motifs is 3. The van der Waals surface area contributed by atoms with Gasteiger partial charge in [0.05, 0.1) is 12.5 Å². The number of nitrogens with zero attached hydrogens (tertiary/aromatic N) is 1. The molecule has 8 nitrogen and oxygen atoms in total. The monoisotopic (exact) mass is 477 g/mol. The minimum absolute atomic E-state index is 0.0211. The van der Waals surface area contributed by atoms with Crippen molar-refractivity contribution in [1.29, 1.82) is 0 Å². The van der Waals surface area contributed by atoms with Crippen LogP contribution in [0.15, 0.2) is 48.5 Å². The van der Waals surface area contributed by atoms with E-state index in [0.717, 1.165) is 12.8 Å². The molecule has 3 N–H and O–H groups in total. The van der Waals surface area contributed by atoms with E-state index in [4.69, 9.17) is 9.84 Å². The molecule has 2 unspecified atom stereocenters. The van der Waals surface area contributed by atoms with Crippen molar-refractivity contribution in [1.82, 2.24) is 15.5 Å². The molecule has 2 fully saturated rings. The highest BCUT2D eigenvalue weighted by Gasteiger charge is 2.43. The molecule has 0 spiro atoms. The summed E-state index contributed by atoms with van der Waals surface area (Å²) in [6.45, 7) is 2.44. The fourth-order valence-electron chi connectivity index (χ4n) is 5.32. The highest BCUT2D eigenvalue weighted by molar-refractivity contribution is 5.79. The fraction of sp³-hybridized carbons (Fsp3) is 0.444. The number of alkyl carbamates (subject to hydrolysis) is 1. The van der Waals surface area contributed by atoms with Crippen molar-refractivity contribution in [3.05, 3.63) is 59.7 Å². The summed E-state index contributed by atoms with van der Waals surface area (Å²) in [6, 6.07) is 16.5. The van der Waals surface area contributed by atoms with Gasteiger partial charge in [-0.3, -0.25) is 14.5 Å². The van der Waals surface area contributed by atoms with Gasteiger partial charge in [0, 0.05) is 31.6 Å². The first-order valence-corrected chi connectivity index (χ1v) is 12.3. The number of amides is 2. The van der Waals surface area contributed by atoms with Crippen LogP contribution in [0.5, 0.6) is 0 Å². The Morgan fingerprint density at radius 2 is 1.60 bits per heavy atom. The number of nitrogens with one attached hydrogen (secondary N) is 2. The minimum Gasteiger partial charge on any atom is -0.481 e. The Bertz CT molecular complexity index is 1070. The van der Waals surface area contributed by atoms with Crippen molar-refractivity contribution < 1.29 is 24.2 Å². The van der Waals surface area contributed by atoms with Crippen molar-refractivity contribution in [2.45, 2.75) is 31.2 Å². The summed E-state index contributed by atoms with van der Waals surface area (Å²) in [4.78, 5) is 37.7. The fourth-order valence-corrected chi connectivity index (χ4v) is 5.32. The van der Waals surface area contributed by atoms with E-state index in [9.17, 15) is 14.4 Å². The van der Waals surface area contributed by atoms with Crippen LogP contribution >= 0.6 is 0 Å². The Morgan fingerprint density at radius 3 is 2.20 bits per heavy atom. The van der Waals surface area contributed by atoms with Crippen molar-refractivity contribution >= 4 is 18.0 Å². The Morgan fingerprint density at radius 1 is 0.971 bits per heavy atom. The normalized spacial score (nSPS) is 21.6. The van der Waals surface area contributed by atoms with Crippen LogP contribution in [-0.2, 0) is 14.3 Å². The summed E-state index contributed by atoms with van der Waals surface area (Å²) >= 11 is 0. The largest absolute Gasteiger partial charge is 0.481 e. The lowest BCUT2D eigenvalue weighted by molar-refractivity contribution is -0.139. The van der Waals surface area contributed by atoms with Gasteiger partial charge < -0.3 is 20.5 Å². The number of aliphatic carboxylic acids is 1. The number of carbonyl (C=O) groups excluding carboxylic acids is 2. The number of carboxylic acids is 1. The summed E-state index contributed by atoms with van der Waals surface area (Å²) in [5, 5.41) is 14.8. The van der Waals surface area contributed by atoms with Gasteiger partial charge in [-0.1, -0.05) is 48.5 Å². The highest BCUT2D eigenvalue weighted by atomic mass is 16.5. The van der Waals surface area contributed by atoms with Gasteiger partial charge in [0.25, 0.3) is 0 Å². The molecule has 8 heteroatoms. The summed E-state index contributed by atoms with van der Waals surface area (Å²) in [5.41, 5.74) is 4.78. The number of piperidine rings is 1. The van der Waals surface area contributed by atoms with Gasteiger partial charge in [-0.05, 0) is 47.4 Å². The molecule has 2 aromatic rings. The molecule has 2 aromatic carbocycles. The Labute approximate surface area is 204 Å². The lowest BCUT2D eigenvalue weighted by Crippen LogP contribution is -2.47. The number of hydrogen-bond donors (Lipinski definition) is 3. The SMILES string of the molecule is O=C(CN1CCC(NC(=O)OCC2c3ccccc3-c3ccccc32)CC1)NCC1CC1C(=O)O. The van der Waals surface area contributed by atoms with E-state index in [1.807, 2.05) is 24.3 Å². The molecule has 0 aromatic heterocycles. The van der Waals surface area contributed by atoms with Crippen molar-refractivity contribution in [3.8, 4) is 11.1 Å². The molecular weight excluding hydrogens is 446 g/mol. The first-order chi connectivity index (χ1) is 17.0. The van der Waals surface area contributed by atoms with Gasteiger partial charge in [-0.25, -0.2) is 4.79 Å². The molecular formula is C27H31N3O5. The van der Waals surface area contributed by atoms with Crippen LogP contribution in [0.4, 0.5) is 4.79 Å². The van der Waals surface area contributed by atoms with Crippen molar-refractivity contribution in [2.24, 2.45) is 11.8 Å². The third kappa shape index (κ3) is 5.32. The van der Waals surface area contributed by atoms with E-state index in [0.29, 0.717) is 39.2 Å². The Balaban J connectivity index is 1.03. The number of carboxylic acid groups (broad SMARTS) is 1. The summed E-state index contributed by atoms with van der Waals surface area (Å²) < 4.78 is 5.65. The lowest BCUT2D eigenvalue weighted by Gasteiger charge is -2.31. The minimum atomic E-state index is -0.782. The van der Waals surface area contributed by atoms with Crippen LogP contribution in [0.1, 0.15) is 36.3 Å². The number of ether oxygens (including phenoxy) is 1. The molecule has 1 saturated heterocycles. The zero-order chi connectivity index (χ0) is 24.4. The van der Waals surface area contributed by atoms with E-state index in [2.05, 4.69) is 39.8 Å². The standard InChI is InChI=1S/C27H31N3O5/c31-25(28-14-17-13-23(17)26(32)33)15-30-11-9-18(10-12-30)29-27(34)35-16-24-21-7-3-1-5-19(21)20-6-2-4-8-22(20)24/h1-8,17-18,23-24H,9-16H2,(H,28,31)(H,29,34)(H,32,33). The molecule has 184 valence electrons. The van der Waals surface area contributed by atoms with Crippen LogP contribution in [0.25, 0.3) is 11.1 Å². The lowest BCUT2D eigenvalue weighted by atomic mass is 9.98. The van der Waals surface area contributed by atoms with Gasteiger partial charge in [0.2, 0.25) is 5.91 Å². The van der Waals surface area contributed by atoms with Crippen molar-refractivity contribution in [3.63, 3.8) is 0 Å². The molecule has 2 atom stereocenters. The summed E-state index contributed by atoms with van der Waals surface area (Å²) in [5.74, 6) is -1.08. The smallest absolute Gasteiger partial charge is 0.407 e. The number of hydrogen-bond acceptors (Lipinski definition) is 5. The summed E-state index contributed by atoms with van der Waals surface area (Å²) in [7, 11) is 0. The maximum atomic E-state index is 12.5. The van der Waals surface area contributed by atoms with E-state index in [-0.39, 0.29) is 29.7 Å². The number of likely N-dealkylation sites (tertiary alicyclic amines) is 1. The van der Waals surface area contributed by atoms with Gasteiger partial charge in [0.1, 0.15) is 6.61 Å². The molecule has 35 heavy (non-hydrogen) atoms. The van der Waals surface area contributed by atoms with Crippen LogP contribution in [0, 0.1) is 11.8 Å². The Hall–Kier alpha value is -3.39. The molecule has 2 amide bonds. The average Bonchev–Trinajstić information content (AvgIpc) is 3.58. The van der Waals surface area contributed by atoms with E-state index in [1.54, 1.807) is 0 Å². The maximum absolute atomic E-state index is 12.5. The van der Waals surface area contributed by atoms with E-state index in [1.165, 1.54) is 22.3 Å². The molecule has 5 rings (SSSR count). The van der Waals surface area contributed by atoms with Gasteiger partial charge >= 0.3 is 12.1 Å². The number of carbonyl (C=O) groups is 3. The number of benzene rings is 2. The van der Waals surface area contributed by atoms with Crippen LogP contribution in [-0.4, -0.2) is 66.8 Å². The van der Waals surface area contributed by atoms with Gasteiger partial charge in [-0.15, -0.1) is 0 Å². The second-order valence-corrected chi connectivity index (χ2v) is 9.76. The number of rotatable bonds is 8. The summed E-state index contributed by atoms with van der Waals surface area (Å²) in [6.07, 6.45) is 1.74. The predicted octanol–water partition coefficient (Wildman–Crippen LogP) is 2.83. The van der Waals surface area contributed by atoms with Gasteiger partial charge in [0.15, 0.2) is 0 Å². The zero-order valence-electron chi connectivity index (χ0n) is 19.6. The molecule has 1 heterocycles. The first kappa shape index (κ1) is 23.4. The van der Waals surface area contributed by atoms with Crippen LogP contribution in [0.3, 0.4) is 0 Å². The highest BCUT2D eigenvalue weighted by Crippen LogP contribution is 2.44. The second-order valence-electron chi connectivity index (χ2n) is 9.76. The van der Waals surface area contributed by atoms with Gasteiger partial charge in [-0.2, -0.15) is 0 Å². The third-order valence-corrected chi connectivity index (χ3v) is 7.42. The molecule has 3 aliphatic rings. The quantitative estimate of drug-likeness (QED) is 0.540. The molecule has 1 saturated carbocycles. The zero-order valence-corrected chi connectivity index (χ0v) is 19.6. The predicted molar refractivity (Wildman–Crippen MR) is 130 cm³/mol. The average molecular weight is 478 g/mol. The van der Waals surface area contributed by atoms with E-state index >= 15 is 0 Å². The maximum Gasteiger partial charge on any atom is 0.407 e. The topological polar surface area (TPSA) is 108 Å². The molecule has 0 bridgehead atoms. The molecule has 1 aliphatic heterocycles. The van der Waals surface area contributed by atoms with Crippen LogP contribution < -0.4 is 10.6 Å². The molecule has 2 aliphatic carbocycles. The molecule has 0 radical (unpaired) electrons. The second kappa shape index (κ2) is 10.1. The first-order valence-electron chi connectivity index (χ1n) is 12.3.